The van der Waals surface area contributed by atoms with E-state index >= 15 is 0 Å². The zero-order valence-corrected chi connectivity index (χ0v) is 11.8. The van der Waals surface area contributed by atoms with Gasteiger partial charge in [0.1, 0.15) is 11.6 Å². The van der Waals surface area contributed by atoms with E-state index in [1.54, 1.807) is 29.0 Å². The fourth-order valence-corrected chi connectivity index (χ4v) is 2.25. The van der Waals surface area contributed by atoms with Gasteiger partial charge < -0.3 is 22.1 Å². The molecule has 0 atom stereocenters. The predicted octanol–water partition coefficient (Wildman–Crippen LogP) is 1.61. The molecule has 0 bridgehead atoms. The first-order chi connectivity index (χ1) is 10.7. The van der Waals surface area contributed by atoms with Crippen molar-refractivity contribution < 1.29 is 0 Å². The van der Waals surface area contributed by atoms with E-state index in [9.17, 15) is 0 Å². The summed E-state index contributed by atoms with van der Waals surface area (Å²) in [6.07, 6.45) is 5.59. The van der Waals surface area contributed by atoms with Crippen LogP contribution in [0.25, 0.3) is 5.65 Å². The number of hydrogen-bond donors (Lipinski definition) is 4. The zero-order valence-electron chi connectivity index (χ0n) is 11.8. The number of nitrogens with one attached hydrogen (secondary N) is 2. The molecule has 0 aliphatic heterocycles. The number of pyridine rings is 1. The Morgan fingerprint density at radius 2 is 2.00 bits per heavy atom. The van der Waals surface area contributed by atoms with E-state index in [4.69, 9.17) is 11.5 Å². The second-order valence-electron chi connectivity index (χ2n) is 5.38. The van der Waals surface area contributed by atoms with Crippen LogP contribution < -0.4 is 22.1 Å². The Kier molecular flexibility index (Phi) is 2.75. The lowest BCUT2D eigenvalue weighted by Gasteiger charge is -2.11. The van der Waals surface area contributed by atoms with Crippen LogP contribution in [0.1, 0.15) is 12.8 Å². The summed E-state index contributed by atoms with van der Waals surface area (Å²) in [4.78, 5) is 8.53. The third-order valence-electron chi connectivity index (χ3n) is 3.47. The van der Waals surface area contributed by atoms with Gasteiger partial charge in [0, 0.05) is 30.1 Å². The van der Waals surface area contributed by atoms with Gasteiger partial charge in [-0.1, -0.05) is 0 Å². The number of nitrogens with two attached hydrogens (primary N) is 2. The third kappa shape index (κ3) is 2.34. The van der Waals surface area contributed by atoms with E-state index in [1.165, 1.54) is 12.8 Å². The summed E-state index contributed by atoms with van der Waals surface area (Å²) in [5.41, 5.74) is 13.9. The number of hydrogen-bond acceptors (Lipinski definition) is 7. The summed E-state index contributed by atoms with van der Waals surface area (Å²) in [6.45, 7) is 0. The first-order valence-corrected chi connectivity index (χ1v) is 7.08. The van der Waals surface area contributed by atoms with Gasteiger partial charge in [-0.2, -0.15) is 4.52 Å². The summed E-state index contributed by atoms with van der Waals surface area (Å²) in [7, 11) is 0. The van der Waals surface area contributed by atoms with Crippen LogP contribution in [0, 0.1) is 0 Å². The van der Waals surface area contributed by atoms with Crippen molar-refractivity contribution in [2.75, 3.05) is 22.1 Å². The van der Waals surface area contributed by atoms with Crippen LogP contribution in [0.5, 0.6) is 0 Å². The standard InChI is InChI=1S/C14H16N8/c15-8-3-4-17-12(5-8)20-13-6-10(19-9-1-2-9)14-18-7-11(16)22(14)21-13/h3-7,9,19H,1-2,16H2,(H3,15,17,20,21). The fraction of sp³-hybridized carbons (Fsp3) is 0.214. The minimum Gasteiger partial charge on any atom is -0.399 e. The summed E-state index contributed by atoms with van der Waals surface area (Å²) >= 11 is 0. The number of aromatic nitrogens is 4. The first-order valence-electron chi connectivity index (χ1n) is 7.08. The molecule has 112 valence electrons. The SMILES string of the molecule is Nc1ccnc(Nc2cc(NC3CC3)c3ncc(N)n3n2)c1. The molecular weight excluding hydrogens is 280 g/mol. The van der Waals surface area contributed by atoms with Gasteiger partial charge >= 0.3 is 0 Å². The molecule has 0 saturated heterocycles. The highest BCUT2D eigenvalue weighted by Gasteiger charge is 2.23. The third-order valence-corrected chi connectivity index (χ3v) is 3.47. The second kappa shape index (κ2) is 4.76. The highest BCUT2D eigenvalue weighted by Crippen LogP contribution is 2.29. The fourth-order valence-electron chi connectivity index (χ4n) is 2.25. The van der Waals surface area contributed by atoms with Crippen LogP contribution in [0.2, 0.25) is 0 Å². The Morgan fingerprint density at radius 3 is 2.77 bits per heavy atom. The van der Waals surface area contributed by atoms with Crippen molar-refractivity contribution in [2.45, 2.75) is 18.9 Å². The maximum atomic E-state index is 5.92. The molecule has 3 heterocycles. The molecule has 0 aromatic carbocycles. The zero-order chi connectivity index (χ0) is 15.1. The van der Waals surface area contributed by atoms with Gasteiger partial charge in [-0.15, -0.1) is 5.10 Å². The Labute approximate surface area is 126 Å². The van der Waals surface area contributed by atoms with E-state index in [1.807, 2.05) is 6.07 Å². The summed E-state index contributed by atoms with van der Waals surface area (Å²) in [5.74, 6) is 1.74. The van der Waals surface area contributed by atoms with Crippen molar-refractivity contribution in [1.82, 2.24) is 19.6 Å². The number of anilines is 5. The molecule has 1 fully saturated rings. The van der Waals surface area contributed by atoms with Gasteiger partial charge in [-0.3, -0.25) is 0 Å². The molecule has 0 radical (unpaired) electrons. The highest BCUT2D eigenvalue weighted by atomic mass is 15.3. The van der Waals surface area contributed by atoms with E-state index in [0.29, 0.717) is 29.2 Å². The van der Waals surface area contributed by atoms with Crippen molar-refractivity contribution in [3.8, 4) is 0 Å². The highest BCUT2D eigenvalue weighted by molar-refractivity contribution is 5.74. The van der Waals surface area contributed by atoms with Crippen LogP contribution >= 0.6 is 0 Å². The maximum absolute atomic E-state index is 5.92. The lowest BCUT2D eigenvalue weighted by atomic mass is 10.3. The van der Waals surface area contributed by atoms with Crippen LogP contribution in [-0.2, 0) is 0 Å². The molecule has 1 aliphatic rings. The van der Waals surface area contributed by atoms with E-state index in [0.717, 1.165) is 11.3 Å². The van der Waals surface area contributed by atoms with Crippen LogP contribution in [0.15, 0.2) is 30.6 Å². The smallest absolute Gasteiger partial charge is 0.179 e. The average Bonchev–Trinajstić information content (AvgIpc) is 3.22. The molecule has 1 aliphatic carbocycles. The van der Waals surface area contributed by atoms with Crippen molar-refractivity contribution >= 4 is 34.5 Å². The van der Waals surface area contributed by atoms with Crippen molar-refractivity contribution in [2.24, 2.45) is 0 Å². The Morgan fingerprint density at radius 1 is 1.14 bits per heavy atom. The molecule has 6 N–H and O–H groups in total. The molecular formula is C14H16N8. The Balaban J connectivity index is 1.74. The topological polar surface area (TPSA) is 119 Å². The maximum Gasteiger partial charge on any atom is 0.179 e. The first kappa shape index (κ1) is 12.7. The molecule has 8 nitrogen and oxygen atoms in total. The average molecular weight is 296 g/mol. The van der Waals surface area contributed by atoms with E-state index in [-0.39, 0.29) is 0 Å². The van der Waals surface area contributed by atoms with Gasteiger partial charge in [0.05, 0.1) is 11.9 Å². The Bertz CT molecular complexity index is 836. The molecule has 3 aromatic heterocycles. The van der Waals surface area contributed by atoms with Gasteiger partial charge in [-0.25, -0.2) is 9.97 Å². The van der Waals surface area contributed by atoms with Crippen molar-refractivity contribution in [3.63, 3.8) is 0 Å². The molecule has 22 heavy (non-hydrogen) atoms. The lowest BCUT2D eigenvalue weighted by molar-refractivity contribution is 0.947. The summed E-state index contributed by atoms with van der Waals surface area (Å²) in [6, 6.07) is 5.89. The molecule has 3 aromatic rings. The molecule has 0 spiro atoms. The molecule has 1 saturated carbocycles. The van der Waals surface area contributed by atoms with Gasteiger partial charge in [0.2, 0.25) is 0 Å². The number of rotatable bonds is 4. The van der Waals surface area contributed by atoms with Gasteiger partial charge in [0.15, 0.2) is 11.5 Å². The number of imidazole rings is 1. The van der Waals surface area contributed by atoms with Crippen molar-refractivity contribution in [3.05, 3.63) is 30.6 Å². The normalized spacial score (nSPS) is 14.2. The second-order valence-corrected chi connectivity index (χ2v) is 5.38. The van der Waals surface area contributed by atoms with Crippen LogP contribution in [0.3, 0.4) is 0 Å². The van der Waals surface area contributed by atoms with Crippen LogP contribution in [0.4, 0.5) is 28.8 Å². The van der Waals surface area contributed by atoms with Crippen LogP contribution in [-0.4, -0.2) is 25.6 Å². The summed E-state index contributed by atoms with van der Waals surface area (Å²) < 4.78 is 1.61. The molecule has 8 heteroatoms. The summed E-state index contributed by atoms with van der Waals surface area (Å²) in [5, 5.41) is 11.0. The number of fused-ring (bicyclic) bond motifs is 1. The number of nitrogens with zero attached hydrogens (tertiary/aromatic N) is 4. The van der Waals surface area contributed by atoms with Gasteiger partial charge in [0.25, 0.3) is 0 Å². The molecule has 4 rings (SSSR count). The predicted molar refractivity (Wildman–Crippen MR) is 86.0 cm³/mol. The Hall–Kier alpha value is -3.03. The molecule has 0 unspecified atom stereocenters. The number of nitrogen functional groups attached to an aromatic ring is 2. The molecule has 0 amide bonds. The van der Waals surface area contributed by atoms with Gasteiger partial charge in [-0.05, 0) is 18.9 Å². The lowest BCUT2D eigenvalue weighted by Crippen LogP contribution is -2.08. The monoisotopic (exact) mass is 296 g/mol. The van der Waals surface area contributed by atoms with E-state index < -0.39 is 0 Å². The quantitative estimate of drug-likeness (QED) is 0.577. The minimum absolute atomic E-state index is 0.484. The minimum atomic E-state index is 0.484. The largest absolute Gasteiger partial charge is 0.399 e. The van der Waals surface area contributed by atoms with E-state index in [2.05, 4.69) is 25.7 Å². The van der Waals surface area contributed by atoms with Crippen molar-refractivity contribution in [1.29, 1.82) is 0 Å².